The Morgan fingerprint density at radius 1 is 1.21 bits per heavy atom. The fourth-order valence-electron chi connectivity index (χ4n) is 2.50. The van der Waals surface area contributed by atoms with E-state index < -0.39 is 0 Å². The van der Waals surface area contributed by atoms with Crippen molar-refractivity contribution in [3.63, 3.8) is 0 Å². The summed E-state index contributed by atoms with van der Waals surface area (Å²) in [5.41, 5.74) is 1.30. The van der Waals surface area contributed by atoms with Crippen molar-refractivity contribution in [3.8, 4) is 5.88 Å². The minimum Gasteiger partial charge on any atom is -0.476 e. The molecule has 6 heteroatoms. The van der Waals surface area contributed by atoms with Crippen molar-refractivity contribution in [1.29, 1.82) is 0 Å². The lowest BCUT2D eigenvalue weighted by atomic mass is 9.78. The van der Waals surface area contributed by atoms with E-state index in [9.17, 15) is 0 Å². The molecule has 5 nitrogen and oxygen atoms in total. The number of ether oxygens (including phenoxy) is 1. The average Bonchev–Trinajstić information content (AvgIpc) is 2.89. The van der Waals surface area contributed by atoms with Gasteiger partial charge in [-0.25, -0.2) is 4.68 Å². The molecule has 19 heavy (non-hydrogen) atoms. The number of fused-ring (bicyclic) bond motifs is 1. The summed E-state index contributed by atoms with van der Waals surface area (Å²) in [6.07, 6.45) is 0.850. The van der Waals surface area contributed by atoms with E-state index in [4.69, 9.17) is 14.0 Å². The molecule has 0 spiro atoms. The van der Waals surface area contributed by atoms with Gasteiger partial charge >= 0.3 is 7.12 Å². The van der Waals surface area contributed by atoms with E-state index in [0.29, 0.717) is 6.61 Å². The molecule has 0 aliphatic carbocycles. The van der Waals surface area contributed by atoms with Crippen LogP contribution in [0.1, 0.15) is 40.3 Å². The second-order valence-corrected chi connectivity index (χ2v) is 6.18. The van der Waals surface area contributed by atoms with Crippen molar-refractivity contribution in [2.75, 3.05) is 6.61 Å². The van der Waals surface area contributed by atoms with Gasteiger partial charge in [0.1, 0.15) is 6.61 Å². The molecule has 3 heterocycles. The van der Waals surface area contributed by atoms with Crippen molar-refractivity contribution >= 4 is 12.6 Å². The molecule has 0 unspecified atom stereocenters. The number of hydrogen-bond donors (Lipinski definition) is 0. The third-order valence-corrected chi connectivity index (χ3v) is 4.38. The van der Waals surface area contributed by atoms with E-state index in [-0.39, 0.29) is 18.3 Å². The highest BCUT2D eigenvalue weighted by Gasteiger charge is 2.54. The lowest BCUT2D eigenvalue weighted by Crippen LogP contribution is -2.41. The van der Waals surface area contributed by atoms with E-state index >= 15 is 0 Å². The normalized spacial score (nSPS) is 23.5. The average molecular weight is 264 g/mol. The Bertz CT molecular complexity index is 494. The molecule has 2 aliphatic rings. The summed E-state index contributed by atoms with van der Waals surface area (Å²) in [5, 5.41) is 4.58. The smallest absolute Gasteiger partial charge is 0.476 e. The summed E-state index contributed by atoms with van der Waals surface area (Å²) in [7, 11) is -0.387. The fraction of sp³-hybridized carbons (Fsp3) is 0.769. The molecule has 0 amide bonds. The topological polar surface area (TPSA) is 45.5 Å². The van der Waals surface area contributed by atoms with Crippen LogP contribution in [0.4, 0.5) is 0 Å². The molecule has 0 bridgehead atoms. The Morgan fingerprint density at radius 2 is 1.84 bits per heavy atom. The van der Waals surface area contributed by atoms with E-state index in [2.05, 4.69) is 39.7 Å². The molecule has 0 atom stereocenters. The lowest BCUT2D eigenvalue weighted by molar-refractivity contribution is 0.00578. The van der Waals surface area contributed by atoms with E-state index in [1.54, 1.807) is 0 Å². The molecule has 0 aromatic carbocycles. The van der Waals surface area contributed by atoms with Gasteiger partial charge in [-0.2, -0.15) is 5.10 Å². The molecule has 2 aliphatic heterocycles. The van der Waals surface area contributed by atoms with E-state index in [1.165, 1.54) is 0 Å². The third-order valence-electron chi connectivity index (χ3n) is 4.38. The van der Waals surface area contributed by atoms with Crippen LogP contribution in [0.2, 0.25) is 0 Å². The predicted octanol–water partition coefficient (Wildman–Crippen LogP) is 1.14. The number of rotatable bonds is 2. The van der Waals surface area contributed by atoms with Gasteiger partial charge in [0.15, 0.2) is 0 Å². The van der Waals surface area contributed by atoms with Gasteiger partial charge in [-0.15, -0.1) is 0 Å². The van der Waals surface area contributed by atoms with Crippen LogP contribution in [0.25, 0.3) is 0 Å². The number of aromatic nitrogens is 2. The standard InChI is InChI=1S/C13H21BN2O3/c1-6-9-10(11-16(15-9)7-8-17-11)14-18-12(2,3)13(4,5)19-14/h6-8H2,1-5H3. The third kappa shape index (κ3) is 1.81. The summed E-state index contributed by atoms with van der Waals surface area (Å²) in [4.78, 5) is 0. The van der Waals surface area contributed by atoms with Gasteiger partial charge in [0, 0.05) is 0 Å². The van der Waals surface area contributed by atoms with Crippen LogP contribution in [-0.2, 0) is 22.3 Å². The van der Waals surface area contributed by atoms with Crippen molar-refractivity contribution < 1.29 is 14.0 Å². The molecule has 1 aromatic rings. The Morgan fingerprint density at radius 3 is 2.42 bits per heavy atom. The zero-order chi connectivity index (χ0) is 13.8. The molecule has 0 saturated carbocycles. The Labute approximate surface area is 114 Å². The van der Waals surface area contributed by atoms with Crippen molar-refractivity contribution in [2.45, 2.75) is 58.8 Å². The van der Waals surface area contributed by atoms with E-state index in [0.717, 1.165) is 30.0 Å². The van der Waals surface area contributed by atoms with E-state index in [1.807, 2.05) is 4.68 Å². The molecule has 1 aromatic heterocycles. The zero-order valence-corrected chi connectivity index (χ0v) is 12.3. The van der Waals surface area contributed by atoms with Gasteiger partial charge in [-0.05, 0) is 34.1 Å². The van der Waals surface area contributed by atoms with Crippen molar-refractivity contribution in [3.05, 3.63) is 5.69 Å². The first-order valence-electron chi connectivity index (χ1n) is 6.94. The molecule has 104 valence electrons. The van der Waals surface area contributed by atoms with Gasteiger partial charge in [-0.1, -0.05) is 6.92 Å². The molecular weight excluding hydrogens is 243 g/mol. The van der Waals surface area contributed by atoms with Gasteiger partial charge in [0.05, 0.1) is 28.9 Å². The maximum Gasteiger partial charge on any atom is 0.502 e. The van der Waals surface area contributed by atoms with Crippen LogP contribution < -0.4 is 10.2 Å². The molecule has 0 radical (unpaired) electrons. The van der Waals surface area contributed by atoms with Crippen molar-refractivity contribution in [2.24, 2.45) is 0 Å². The zero-order valence-electron chi connectivity index (χ0n) is 12.3. The summed E-state index contributed by atoms with van der Waals surface area (Å²) in [5.74, 6) is 0.815. The predicted molar refractivity (Wildman–Crippen MR) is 72.8 cm³/mol. The Kier molecular flexibility index (Phi) is 2.73. The maximum absolute atomic E-state index is 6.12. The van der Waals surface area contributed by atoms with Crippen molar-refractivity contribution in [1.82, 2.24) is 9.78 Å². The monoisotopic (exact) mass is 264 g/mol. The molecular formula is C13H21BN2O3. The van der Waals surface area contributed by atoms with Crippen LogP contribution in [0.3, 0.4) is 0 Å². The van der Waals surface area contributed by atoms with Crippen LogP contribution in [-0.4, -0.2) is 34.7 Å². The minimum atomic E-state index is -0.387. The van der Waals surface area contributed by atoms with Gasteiger partial charge < -0.3 is 14.0 Å². The minimum absolute atomic E-state index is 0.337. The summed E-state index contributed by atoms with van der Waals surface area (Å²) in [6, 6.07) is 0. The first-order chi connectivity index (χ1) is 8.86. The second kappa shape index (κ2) is 3.99. The Balaban J connectivity index is 2.00. The molecule has 0 N–H and O–H groups in total. The van der Waals surface area contributed by atoms with Crippen LogP contribution >= 0.6 is 0 Å². The fourth-order valence-corrected chi connectivity index (χ4v) is 2.50. The van der Waals surface area contributed by atoms with Crippen LogP contribution in [0, 0.1) is 0 Å². The first-order valence-corrected chi connectivity index (χ1v) is 6.94. The SMILES string of the molecule is CCc1nn2c(c1B1OC(C)(C)C(C)(C)O1)OCC2. The van der Waals surface area contributed by atoms with Crippen LogP contribution in [0.5, 0.6) is 5.88 Å². The highest BCUT2D eigenvalue weighted by atomic mass is 16.7. The largest absolute Gasteiger partial charge is 0.502 e. The number of aryl methyl sites for hydroxylation is 1. The number of hydrogen-bond acceptors (Lipinski definition) is 4. The highest BCUT2D eigenvalue weighted by molar-refractivity contribution is 6.63. The Hall–Kier alpha value is -1.01. The quantitative estimate of drug-likeness (QED) is 0.751. The molecule has 1 fully saturated rings. The first kappa shape index (κ1) is 13.0. The summed E-state index contributed by atoms with van der Waals surface area (Å²) >= 11 is 0. The number of nitrogens with zero attached hydrogens (tertiary/aromatic N) is 2. The van der Waals surface area contributed by atoms with Gasteiger partial charge in [0.25, 0.3) is 0 Å². The highest BCUT2D eigenvalue weighted by Crippen LogP contribution is 2.37. The van der Waals surface area contributed by atoms with Crippen LogP contribution in [0.15, 0.2) is 0 Å². The molecule has 1 saturated heterocycles. The molecule has 3 rings (SSSR count). The van der Waals surface area contributed by atoms with Gasteiger partial charge in [0.2, 0.25) is 5.88 Å². The summed E-state index contributed by atoms with van der Waals surface area (Å²) < 4.78 is 19.9. The van der Waals surface area contributed by atoms with Gasteiger partial charge in [-0.3, -0.25) is 0 Å². The maximum atomic E-state index is 6.12. The lowest BCUT2D eigenvalue weighted by Gasteiger charge is -2.32. The summed E-state index contributed by atoms with van der Waals surface area (Å²) in [6.45, 7) is 11.8. The second-order valence-electron chi connectivity index (χ2n) is 6.18.